The van der Waals surface area contributed by atoms with Gasteiger partial charge >= 0.3 is 11.9 Å². The third kappa shape index (κ3) is 3.32. The number of rotatable bonds is 4. The topological polar surface area (TPSA) is 82.1 Å². The van der Waals surface area contributed by atoms with Crippen LogP contribution in [0.25, 0.3) is 0 Å². The molecule has 0 saturated heterocycles. The first-order chi connectivity index (χ1) is 11.4. The summed E-state index contributed by atoms with van der Waals surface area (Å²) in [5.41, 5.74) is 0.398. The molecule has 0 aromatic heterocycles. The summed E-state index contributed by atoms with van der Waals surface area (Å²) in [4.78, 5) is 24.3. The predicted octanol–water partition coefficient (Wildman–Crippen LogP) is 2.42. The van der Waals surface area contributed by atoms with E-state index in [9.17, 15) is 14.7 Å². The number of benzene rings is 1. The Morgan fingerprint density at radius 2 is 1.75 bits per heavy atom. The molecule has 1 aliphatic carbocycles. The zero-order chi connectivity index (χ0) is 17.9. The van der Waals surface area contributed by atoms with Gasteiger partial charge in [-0.05, 0) is 42.9 Å². The number of carbonyl (C=O) groups is 2. The average Bonchev–Trinajstić information content (AvgIpc) is 2.60. The van der Waals surface area contributed by atoms with E-state index in [0.717, 1.165) is 5.56 Å². The molecule has 0 bridgehead atoms. The van der Waals surface area contributed by atoms with Crippen molar-refractivity contribution in [1.29, 1.82) is 0 Å². The summed E-state index contributed by atoms with van der Waals surface area (Å²) < 4.78 is 15.2. The zero-order valence-corrected chi connectivity index (χ0v) is 14.5. The van der Waals surface area contributed by atoms with Crippen molar-refractivity contribution in [2.45, 2.75) is 31.6 Å². The molecule has 3 unspecified atom stereocenters. The fraction of sp³-hybridized carbons (Fsp3) is 0.556. The van der Waals surface area contributed by atoms with Crippen LogP contribution in [0.4, 0.5) is 0 Å². The maximum atomic E-state index is 12.2. The Hall–Kier alpha value is -2.24. The first-order valence-corrected chi connectivity index (χ1v) is 7.89. The monoisotopic (exact) mass is 336 g/mol. The summed E-state index contributed by atoms with van der Waals surface area (Å²) in [6, 6.07) is 4.92. The van der Waals surface area contributed by atoms with Crippen LogP contribution in [-0.2, 0) is 24.5 Å². The maximum Gasteiger partial charge on any atom is 0.309 e. The van der Waals surface area contributed by atoms with Gasteiger partial charge in [0.15, 0.2) is 0 Å². The molecule has 2 rings (SSSR count). The second-order valence-corrected chi connectivity index (χ2v) is 6.45. The van der Waals surface area contributed by atoms with E-state index < -0.39 is 29.2 Å². The van der Waals surface area contributed by atoms with Crippen LogP contribution < -0.4 is 4.74 Å². The summed E-state index contributed by atoms with van der Waals surface area (Å²) in [7, 11) is 4.21. The highest BCUT2D eigenvalue weighted by molar-refractivity contribution is 5.82. The van der Waals surface area contributed by atoms with Crippen molar-refractivity contribution >= 4 is 11.9 Å². The van der Waals surface area contributed by atoms with Gasteiger partial charge in [0.2, 0.25) is 0 Å². The Morgan fingerprint density at radius 3 is 2.33 bits per heavy atom. The molecular formula is C18H24O6. The fourth-order valence-electron chi connectivity index (χ4n) is 3.65. The number of hydrogen-bond acceptors (Lipinski definition) is 6. The standard InChI is InChI=1S/C18H24O6/c1-18(14-9-11(19)5-6-15(14)22-2)8-7-12(16(20)23-3)13(10-18)17(21)24-4/h5-6,9,12-13,19H,7-8,10H2,1-4H3. The molecule has 6 heteroatoms. The van der Waals surface area contributed by atoms with Crippen molar-refractivity contribution in [3.63, 3.8) is 0 Å². The zero-order valence-electron chi connectivity index (χ0n) is 14.5. The summed E-state index contributed by atoms with van der Waals surface area (Å²) in [5.74, 6) is -1.13. The molecule has 1 fully saturated rings. The Morgan fingerprint density at radius 1 is 1.12 bits per heavy atom. The third-order valence-corrected chi connectivity index (χ3v) is 5.00. The molecule has 1 aromatic carbocycles. The molecule has 1 aromatic rings. The van der Waals surface area contributed by atoms with Gasteiger partial charge in [0.05, 0.1) is 33.2 Å². The summed E-state index contributed by atoms with van der Waals surface area (Å²) in [6.07, 6.45) is 1.58. The van der Waals surface area contributed by atoms with Gasteiger partial charge in [-0.3, -0.25) is 9.59 Å². The van der Waals surface area contributed by atoms with Gasteiger partial charge in [-0.1, -0.05) is 6.92 Å². The number of phenols is 1. The van der Waals surface area contributed by atoms with Gasteiger partial charge in [0, 0.05) is 5.56 Å². The van der Waals surface area contributed by atoms with Crippen molar-refractivity contribution in [3.8, 4) is 11.5 Å². The van der Waals surface area contributed by atoms with E-state index in [1.54, 1.807) is 25.3 Å². The third-order valence-electron chi connectivity index (χ3n) is 5.00. The minimum atomic E-state index is -0.590. The Bertz CT molecular complexity index is 626. The van der Waals surface area contributed by atoms with Crippen molar-refractivity contribution in [2.75, 3.05) is 21.3 Å². The summed E-state index contributed by atoms with van der Waals surface area (Å²) in [5, 5.41) is 9.86. The van der Waals surface area contributed by atoms with Crippen LogP contribution in [0.3, 0.4) is 0 Å². The van der Waals surface area contributed by atoms with Crippen molar-refractivity contribution in [3.05, 3.63) is 23.8 Å². The molecule has 6 nitrogen and oxygen atoms in total. The highest BCUT2D eigenvalue weighted by Gasteiger charge is 2.46. The molecular weight excluding hydrogens is 312 g/mol. The Labute approximate surface area is 141 Å². The van der Waals surface area contributed by atoms with Gasteiger partial charge < -0.3 is 19.3 Å². The maximum absolute atomic E-state index is 12.2. The van der Waals surface area contributed by atoms with Crippen LogP contribution in [0, 0.1) is 11.8 Å². The van der Waals surface area contributed by atoms with Crippen LogP contribution in [0.2, 0.25) is 0 Å². The number of methoxy groups -OCH3 is 3. The second-order valence-electron chi connectivity index (χ2n) is 6.45. The smallest absolute Gasteiger partial charge is 0.309 e. The van der Waals surface area contributed by atoms with E-state index in [4.69, 9.17) is 14.2 Å². The highest BCUT2D eigenvalue weighted by atomic mass is 16.5. The van der Waals surface area contributed by atoms with Crippen LogP contribution in [0.15, 0.2) is 18.2 Å². The number of hydrogen-bond donors (Lipinski definition) is 1. The summed E-state index contributed by atoms with van der Waals surface area (Å²) >= 11 is 0. The van der Waals surface area contributed by atoms with E-state index >= 15 is 0 Å². The van der Waals surface area contributed by atoms with Crippen molar-refractivity contribution in [2.24, 2.45) is 11.8 Å². The van der Waals surface area contributed by atoms with E-state index in [0.29, 0.717) is 25.0 Å². The molecule has 0 heterocycles. The molecule has 1 aliphatic rings. The van der Waals surface area contributed by atoms with Crippen LogP contribution in [-0.4, -0.2) is 38.4 Å². The second kappa shape index (κ2) is 7.11. The first kappa shape index (κ1) is 18.1. The van der Waals surface area contributed by atoms with E-state index in [2.05, 4.69) is 0 Å². The lowest BCUT2D eigenvalue weighted by Gasteiger charge is -2.41. The normalized spacial score (nSPS) is 26.5. The quantitative estimate of drug-likeness (QED) is 0.850. The Balaban J connectivity index is 2.40. The number of esters is 2. The molecule has 3 atom stereocenters. The van der Waals surface area contributed by atoms with Gasteiger partial charge in [0.25, 0.3) is 0 Å². The average molecular weight is 336 g/mol. The van der Waals surface area contributed by atoms with Gasteiger partial charge in [0.1, 0.15) is 11.5 Å². The van der Waals surface area contributed by atoms with Crippen LogP contribution in [0.5, 0.6) is 11.5 Å². The van der Waals surface area contributed by atoms with Gasteiger partial charge in [-0.2, -0.15) is 0 Å². The molecule has 0 aliphatic heterocycles. The lowest BCUT2D eigenvalue weighted by Crippen LogP contribution is -2.42. The number of carbonyl (C=O) groups excluding carboxylic acids is 2. The van der Waals surface area contributed by atoms with Crippen LogP contribution >= 0.6 is 0 Å². The van der Waals surface area contributed by atoms with Gasteiger partial charge in [-0.15, -0.1) is 0 Å². The molecule has 0 spiro atoms. The Kier molecular flexibility index (Phi) is 5.36. The lowest BCUT2D eigenvalue weighted by molar-refractivity contribution is -0.160. The molecule has 24 heavy (non-hydrogen) atoms. The van der Waals surface area contributed by atoms with Crippen LogP contribution in [0.1, 0.15) is 31.7 Å². The molecule has 1 saturated carbocycles. The number of ether oxygens (including phenoxy) is 3. The molecule has 0 radical (unpaired) electrons. The number of phenolic OH excluding ortho intramolecular Hbond substituents is 1. The van der Waals surface area contributed by atoms with E-state index in [1.807, 2.05) is 6.92 Å². The van der Waals surface area contributed by atoms with E-state index in [-0.39, 0.29) is 5.75 Å². The summed E-state index contributed by atoms with van der Waals surface area (Å²) in [6.45, 7) is 2.01. The fourth-order valence-corrected chi connectivity index (χ4v) is 3.65. The SMILES string of the molecule is COC(=O)C1CCC(C)(c2cc(O)ccc2OC)CC1C(=O)OC. The predicted molar refractivity (Wildman–Crippen MR) is 86.9 cm³/mol. The first-order valence-electron chi connectivity index (χ1n) is 7.89. The van der Waals surface area contributed by atoms with Crippen molar-refractivity contribution < 1.29 is 28.9 Å². The minimum Gasteiger partial charge on any atom is -0.508 e. The van der Waals surface area contributed by atoms with E-state index in [1.165, 1.54) is 14.2 Å². The molecule has 0 amide bonds. The molecule has 1 N–H and O–H groups in total. The lowest BCUT2D eigenvalue weighted by atomic mass is 9.63. The number of aromatic hydroxyl groups is 1. The van der Waals surface area contributed by atoms with Crippen molar-refractivity contribution in [1.82, 2.24) is 0 Å². The molecule has 132 valence electrons. The highest BCUT2D eigenvalue weighted by Crippen LogP contribution is 2.48. The van der Waals surface area contributed by atoms with Gasteiger partial charge in [-0.25, -0.2) is 0 Å². The largest absolute Gasteiger partial charge is 0.508 e. The minimum absolute atomic E-state index is 0.136.